The van der Waals surface area contributed by atoms with Gasteiger partial charge < -0.3 is 0 Å². The molecule has 2 unspecified atom stereocenters. The van der Waals surface area contributed by atoms with Crippen molar-refractivity contribution in [3.8, 4) is 0 Å². The molecule has 62 valence electrons. The first-order chi connectivity index (χ1) is 5.83. The molecule has 1 heterocycles. The first kappa shape index (κ1) is 6.58. The molecule has 1 fully saturated rings. The lowest BCUT2D eigenvalue weighted by Gasteiger charge is -2.23. The van der Waals surface area contributed by atoms with Crippen molar-refractivity contribution < 1.29 is 0 Å². The highest BCUT2D eigenvalue weighted by Crippen LogP contribution is 2.58. The molecule has 3 rings (SSSR count). The van der Waals surface area contributed by atoms with Crippen LogP contribution in [-0.4, -0.2) is 12.1 Å². The zero-order valence-corrected chi connectivity index (χ0v) is 7.25. The fourth-order valence-electron chi connectivity index (χ4n) is 2.48. The summed E-state index contributed by atoms with van der Waals surface area (Å²) in [6.45, 7) is 3.10. The monoisotopic (exact) mass is 160 g/mol. The minimum atomic E-state index is 0.164. The van der Waals surface area contributed by atoms with Crippen LogP contribution >= 0.6 is 0 Å². The number of allylic oxidation sites excluding steroid dienone is 2. The minimum absolute atomic E-state index is 0.164. The highest BCUT2D eigenvalue weighted by Gasteiger charge is 2.58. The van der Waals surface area contributed by atoms with Crippen molar-refractivity contribution in [3.05, 3.63) is 23.3 Å². The van der Waals surface area contributed by atoms with E-state index < -0.39 is 0 Å². The SMILES string of the molecule is CC1=C2CCN=NC23CC3C=C1. The van der Waals surface area contributed by atoms with E-state index in [0.717, 1.165) is 13.0 Å². The van der Waals surface area contributed by atoms with Gasteiger partial charge in [0.1, 0.15) is 5.54 Å². The quantitative estimate of drug-likeness (QED) is 0.520. The van der Waals surface area contributed by atoms with Gasteiger partial charge in [-0.3, -0.25) is 0 Å². The summed E-state index contributed by atoms with van der Waals surface area (Å²) in [5.41, 5.74) is 3.16. The molecule has 0 saturated heterocycles. The van der Waals surface area contributed by atoms with Crippen LogP contribution < -0.4 is 0 Å². The van der Waals surface area contributed by atoms with E-state index in [1.54, 1.807) is 5.57 Å². The number of nitrogens with zero attached hydrogens (tertiary/aromatic N) is 2. The zero-order valence-electron chi connectivity index (χ0n) is 7.25. The Morgan fingerprint density at radius 1 is 1.58 bits per heavy atom. The fraction of sp³-hybridized carbons (Fsp3) is 0.600. The van der Waals surface area contributed by atoms with E-state index in [1.807, 2.05) is 0 Å². The van der Waals surface area contributed by atoms with Crippen molar-refractivity contribution in [3.63, 3.8) is 0 Å². The van der Waals surface area contributed by atoms with Gasteiger partial charge in [-0.15, -0.1) is 0 Å². The summed E-state index contributed by atoms with van der Waals surface area (Å²) in [5.74, 6) is 0.681. The maximum absolute atomic E-state index is 4.42. The van der Waals surface area contributed by atoms with Gasteiger partial charge in [0.2, 0.25) is 0 Å². The summed E-state index contributed by atoms with van der Waals surface area (Å²) in [4.78, 5) is 0. The summed E-state index contributed by atoms with van der Waals surface area (Å²) in [6.07, 6.45) is 6.89. The second kappa shape index (κ2) is 1.87. The Hall–Kier alpha value is -0.920. The van der Waals surface area contributed by atoms with Crippen molar-refractivity contribution in [1.82, 2.24) is 0 Å². The third-order valence-corrected chi connectivity index (χ3v) is 3.27. The van der Waals surface area contributed by atoms with Crippen LogP contribution in [0.25, 0.3) is 0 Å². The fourth-order valence-corrected chi connectivity index (χ4v) is 2.48. The molecule has 1 aliphatic heterocycles. The molecule has 2 heteroatoms. The van der Waals surface area contributed by atoms with Gasteiger partial charge in [0.05, 0.1) is 6.54 Å². The lowest BCUT2D eigenvalue weighted by molar-refractivity contribution is 0.587. The lowest BCUT2D eigenvalue weighted by Crippen LogP contribution is -2.19. The van der Waals surface area contributed by atoms with Crippen LogP contribution in [0.2, 0.25) is 0 Å². The number of hydrogen-bond donors (Lipinski definition) is 0. The molecule has 2 nitrogen and oxygen atoms in total. The van der Waals surface area contributed by atoms with Crippen LogP contribution in [0.5, 0.6) is 0 Å². The molecule has 0 aromatic heterocycles. The van der Waals surface area contributed by atoms with E-state index in [9.17, 15) is 0 Å². The standard InChI is InChI=1S/C10H12N2/c1-7-2-3-8-6-10(8)9(7)4-5-11-12-10/h2-3,8H,4-6H2,1H3. The van der Waals surface area contributed by atoms with Crippen molar-refractivity contribution >= 4 is 0 Å². The average molecular weight is 160 g/mol. The maximum Gasteiger partial charge on any atom is 0.110 e. The van der Waals surface area contributed by atoms with Crippen LogP contribution in [0.15, 0.2) is 33.5 Å². The Labute approximate surface area is 72.1 Å². The third-order valence-electron chi connectivity index (χ3n) is 3.27. The second-order valence-corrected chi connectivity index (χ2v) is 3.97. The van der Waals surface area contributed by atoms with Gasteiger partial charge in [-0.25, -0.2) is 0 Å². The third kappa shape index (κ3) is 0.614. The topological polar surface area (TPSA) is 24.7 Å². The van der Waals surface area contributed by atoms with Crippen LogP contribution in [0.4, 0.5) is 0 Å². The molecule has 3 aliphatic rings. The highest BCUT2D eigenvalue weighted by atomic mass is 15.2. The van der Waals surface area contributed by atoms with E-state index in [-0.39, 0.29) is 5.54 Å². The number of azo groups is 1. The summed E-state index contributed by atoms with van der Waals surface area (Å²) in [7, 11) is 0. The van der Waals surface area contributed by atoms with Gasteiger partial charge in [0.15, 0.2) is 0 Å². The van der Waals surface area contributed by atoms with E-state index in [4.69, 9.17) is 0 Å². The van der Waals surface area contributed by atoms with Gasteiger partial charge in [-0.05, 0) is 30.9 Å². The van der Waals surface area contributed by atoms with Gasteiger partial charge in [-0.1, -0.05) is 12.2 Å². The maximum atomic E-state index is 4.42. The second-order valence-electron chi connectivity index (χ2n) is 3.97. The molecule has 0 bridgehead atoms. The first-order valence-corrected chi connectivity index (χ1v) is 4.60. The van der Waals surface area contributed by atoms with E-state index in [2.05, 4.69) is 29.3 Å². The van der Waals surface area contributed by atoms with Gasteiger partial charge >= 0.3 is 0 Å². The first-order valence-electron chi connectivity index (χ1n) is 4.60. The molecule has 1 saturated carbocycles. The Morgan fingerprint density at radius 2 is 2.50 bits per heavy atom. The smallest absolute Gasteiger partial charge is 0.110 e. The van der Waals surface area contributed by atoms with Crippen LogP contribution in [0, 0.1) is 5.92 Å². The van der Waals surface area contributed by atoms with Crippen LogP contribution in [0.1, 0.15) is 19.8 Å². The van der Waals surface area contributed by atoms with Gasteiger partial charge in [-0.2, -0.15) is 10.2 Å². The molecular formula is C10H12N2. The largest absolute Gasteiger partial charge is 0.193 e. The molecule has 0 aromatic rings. The molecule has 2 aliphatic carbocycles. The molecule has 1 spiro atoms. The molecule has 12 heavy (non-hydrogen) atoms. The summed E-state index contributed by atoms with van der Waals surface area (Å²) in [6, 6.07) is 0. The Balaban J connectivity index is 2.16. The summed E-state index contributed by atoms with van der Waals surface area (Å²) in [5, 5.41) is 8.59. The Kier molecular flexibility index (Phi) is 1.03. The summed E-state index contributed by atoms with van der Waals surface area (Å²) < 4.78 is 0. The van der Waals surface area contributed by atoms with Crippen molar-refractivity contribution in [2.75, 3.05) is 6.54 Å². The number of hydrogen-bond acceptors (Lipinski definition) is 2. The molecule has 0 aromatic carbocycles. The molecule has 0 N–H and O–H groups in total. The van der Waals surface area contributed by atoms with Crippen LogP contribution in [-0.2, 0) is 0 Å². The van der Waals surface area contributed by atoms with Gasteiger partial charge in [0, 0.05) is 5.92 Å². The van der Waals surface area contributed by atoms with Crippen molar-refractivity contribution in [2.24, 2.45) is 16.1 Å². The minimum Gasteiger partial charge on any atom is -0.193 e. The lowest BCUT2D eigenvalue weighted by atomic mass is 9.90. The van der Waals surface area contributed by atoms with E-state index >= 15 is 0 Å². The highest BCUT2D eigenvalue weighted by molar-refractivity contribution is 5.47. The van der Waals surface area contributed by atoms with E-state index in [1.165, 1.54) is 12.0 Å². The Bertz CT molecular complexity index is 325. The van der Waals surface area contributed by atoms with Crippen LogP contribution in [0.3, 0.4) is 0 Å². The van der Waals surface area contributed by atoms with Crippen molar-refractivity contribution in [1.29, 1.82) is 0 Å². The molecule has 0 radical (unpaired) electrons. The Morgan fingerprint density at radius 3 is 3.33 bits per heavy atom. The normalized spacial score (nSPS) is 42.6. The zero-order chi connectivity index (χ0) is 8.18. The predicted octanol–water partition coefficient (Wildman–Crippen LogP) is 2.49. The van der Waals surface area contributed by atoms with Gasteiger partial charge in [0.25, 0.3) is 0 Å². The summed E-state index contributed by atoms with van der Waals surface area (Å²) >= 11 is 0. The number of rotatable bonds is 0. The molecule has 2 atom stereocenters. The van der Waals surface area contributed by atoms with E-state index in [0.29, 0.717) is 5.92 Å². The predicted molar refractivity (Wildman–Crippen MR) is 47.0 cm³/mol. The molecular weight excluding hydrogens is 148 g/mol. The van der Waals surface area contributed by atoms with Crippen molar-refractivity contribution in [2.45, 2.75) is 25.3 Å². The molecule has 0 amide bonds. The average Bonchev–Trinajstić information content (AvgIpc) is 2.78.